The lowest BCUT2D eigenvalue weighted by atomic mass is 10.1. The van der Waals surface area contributed by atoms with Crippen LogP contribution in [0.5, 0.6) is 0 Å². The molecule has 9 nitrogen and oxygen atoms in total. The van der Waals surface area contributed by atoms with E-state index in [-0.39, 0.29) is 16.6 Å². The van der Waals surface area contributed by atoms with Crippen LogP contribution < -0.4 is 11.2 Å². The lowest BCUT2D eigenvalue weighted by Crippen LogP contribution is -2.30. The number of sulfonamides is 1. The number of hydrogen-bond donors (Lipinski definition) is 2. The number of nitrogen functional groups attached to an aromatic ring is 1. The first-order valence-corrected chi connectivity index (χ1v) is 13.0. The van der Waals surface area contributed by atoms with Crippen molar-refractivity contribution in [3.8, 4) is 11.4 Å². The average molecular weight is 489 g/mol. The van der Waals surface area contributed by atoms with Crippen molar-refractivity contribution in [3.63, 3.8) is 0 Å². The maximum atomic E-state index is 12.8. The summed E-state index contributed by atoms with van der Waals surface area (Å²) in [6.07, 6.45) is 0.751. The minimum Gasteiger partial charge on any atom is -0.355 e. The summed E-state index contributed by atoms with van der Waals surface area (Å²) < 4.78 is 28.3. The highest BCUT2D eigenvalue weighted by Crippen LogP contribution is 2.25. The molecule has 0 aliphatic heterocycles. The Morgan fingerprint density at radius 1 is 1.09 bits per heavy atom. The largest absolute Gasteiger partial charge is 0.355 e. The molecule has 1 amide bonds. The van der Waals surface area contributed by atoms with Gasteiger partial charge in [-0.05, 0) is 24.1 Å². The Bertz CT molecular complexity index is 1180. The fourth-order valence-corrected chi connectivity index (χ4v) is 5.44. The third-order valence-corrected chi connectivity index (χ3v) is 8.00. The summed E-state index contributed by atoms with van der Waals surface area (Å²) in [5.74, 6) is 6.47. The summed E-state index contributed by atoms with van der Waals surface area (Å²) >= 11 is 1.16. The minimum atomic E-state index is -3.61. The van der Waals surface area contributed by atoms with Gasteiger partial charge in [0.25, 0.3) is 0 Å². The summed E-state index contributed by atoms with van der Waals surface area (Å²) in [5.41, 5.74) is 1.68. The Balaban J connectivity index is 1.63. The zero-order valence-corrected chi connectivity index (χ0v) is 20.3. The molecule has 0 saturated carbocycles. The van der Waals surface area contributed by atoms with Crippen molar-refractivity contribution in [2.75, 3.05) is 31.2 Å². The second-order valence-corrected chi connectivity index (χ2v) is 10.0. The van der Waals surface area contributed by atoms with E-state index in [1.807, 2.05) is 30.3 Å². The highest BCUT2D eigenvalue weighted by molar-refractivity contribution is 7.99. The third-order valence-electron chi connectivity index (χ3n) is 5.01. The van der Waals surface area contributed by atoms with Gasteiger partial charge in [0.15, 0.2) is 5.82 Å². The minimum absolute atomic E-state index is 0.132. The zero-order valence-electron chi connectivity index (χ0n) is 18.6. The van der Waals surface area contributed by atoms with E-state index < -0.39 is 10.0 Å². The molecule has 0 saturated heterocycles. The highest BCUT2D eigenvalue weighted by Gasteiger charge is 2.23. The molecule has 3 aromatic rings. The van der Waals surface area contributed by atoms with Crippen LogP contribution in [0.15, 0.2) is 64.6 Å². The molecule has 176 valence electrons. The highest BCUT2D eigenvalue weighted by atomic mass is 32.2. The van der Waals surface area contributed by atoms with Gasteiger partial charge in [-0.1, -0.05) is 68.1 Å². The van der Waals surface area contributed by atoms with E-state index in [0.29, 0.717) is 36.2 Å². The maximum Gasteiger partial charge on any atom is 0.243 e. The van der Waals surface area contributed by atoms with Crippen LogP contribution in [0.3, 0.4) is 0 Å². The predicted molar refractivity (Wildman–Crippen MR) is 130 cm³/mol. The van der Waals surface area contributed by atoms with Crippen molar-refractivity contribution in [3.05, 3.63) is 60.2 Å². The van der Waals surface area contributed by atoms with Gasteiger partial charge in [-0.3, -0.25) is 4.79 Å². The van der Waals surface area contributed by atoms with E-state index in [1.165, 1.54) is 15.0 Å². The molecule has 0 radical (unpaired) electrons. The van der Waals surface area contributed by atoms with Crippen LogP contribution >= 0.6 is 11.8 Å². The Kier molecular flexibility index (Phi) is 8.48. The van der Waals surface area contributed by atoms with E-state index in [0.717, 1.165) is 23.7 Å². The van der Waals surface area contributed by atoms with E-state index >= 15 is 0 Å². The smallest absolute Gasteiger partial charge is 0.243 e. The molecule has 0 atom stereocenters. The Morgan fingerprint density at radius 3 is 2.52 bits per heavy atom. The van der Waals surface area contributed by atoms with Gasteiger partial charge in [-0.25, -0.2) is 13.1 Å². The Hall–Kier alpha value is -2.89. The average Bonchev–Trinajstić information content (AvgIpc) is 3.19. The van der Waals surface area contributed by atoms with Gasteiger partial charge in [0.05, 0.1) is 10.6 Å². The number of benzene rings is 2. The Labute approximate surface area is 198 Å². The molecule has 3 rings (SSSR count). The molecule has 2 aromatic carbocycles. The molecule has 0 aliphatic carbocycles. The van der Waals surface area contributed by atoms with Crippen molar-refractivity contribution < 1.29 is 13.2 Å². The number of nitrogens with one attached hydrogen (secondary N) is 1. The lowest BCUT2D eigenvalue weighted by Gasteiger charge is -2.18. The molecular formula is C22H28N6O3S2. The molecule has 3 N–H and O–H groups in total. The van der Waals surface area contributed by atoms with Crippen LogP contribution in [0, 0.1) is 0 Å². The zero-order chi connectivity index (χ0) is 23.8. The van der Waals surface area contributed by atoms with Gasteiger partial charge in [0.1, 0.15) is 0 Å². The third kappa shape index (κ3) is 6.12. The van der Waals surface area contributed by atoms with Crippen LogP contribution in [0.25, 0.3) is 11.4 Å². The van der Waals surface area contributed by atoms with Crippen LogP contribution in [0.1, 0.15) is 19.4 Å². The summed E-state index contributed by atoms with van der Waals surface area (Å²) in [7, 11) is -3.61. The first-order valence-electron chi connectivity index (χ1n) is 10.6. The standard InChI is InChI=1S/C22H28N6O3S2/c1-3-27(4-2)33(30,31)19-12-8-11-18(15-19)21-25-26-22(28(21)23)32-16-20(29)24-14-13-17-9-6-5-7-10-17/h5-12,15H,3-4,13-14,16,23H2,1-2H3,(H,24,29). The van der Waals surface area contributed by atoms with E-state index in [2.05, 4.69) is 15.5 Å². The van der Waals surface area contributed by atoms with Crippen LogP contribution in [-0.2, 0) is 21.2 Å². The predicted octanol–water partition coefficient (Wildman–Crippen LogP) is 2.14. The van der Waals surface area contributed by atoms with Crippen molar-refractivity contribution in [1.82, 2.24) is 24.5 Å². The van der Waals surface area contributed by atoms with Crippen molar-refractivity contribution in [2.24, 2.45) is 0 Å². The van der Waals surface area contributed by atoms with E-state index in [1.54, 1.807) is 32.0 Å². The second kappa shape index (κ2) is 11.3. The van der Waals surface area contributed by atoms with Gasteiger partial charge in [-0.15, -0.1) is 10.2 Å². The van der Waals surface area contributed by atoms with Crippen LogP contribution in [0.4, 0.5) is 0 Å². The van der Waals surface area contributed by atoms with Gasteiger partial charge in [0.2, 0.25) is 21.1 Å². The van der Waals surface area contributed by atoms with E-state index in [9.17, 15) is 13.2 Å². The Morgan fingerprint density at radius 2 is 1.82 bits per heavy atom. The van der Waals surface area contributed by atoms with Crippen molar-refractivity contribution in [1.29, 1.82) is 0 Å². The number of hydrogen-bond acceptors (Lipinski definition) is 7. The second-order valence-electron chi connectivity index (χ2n) is 7.17. The van der Waals surface area contributed by atoms with Gasteiger partial charge < -0.3 is 11.2 Å². The molecule has 0 unspecified atom stereocenters. The monoisotopic (exact) mass is 488 g/mol. The maximum absolute atomic E-state index is 12.8. The van der Waals surface area contributed by atoms with E-state index in [4.69, 9.17) is 5.84 Å². The molecule has 1 heterocycles. The van der Waals surface area contributed by atoms with Gasteiger partial charge >= 0.3 is 0 Å². The normalized spacial score (nSPS) is 11.6. The molecule has 0 aliphatic rings. The molecule has 11 heteroatoms. The molecule has 33 heavy (non-hydrogen) atoms. The first kappa shape index (κ1) is 24.7. The summed E-state index contributed by atoms with van der Waals surface area (Å²) in [6.45, 7) is 4.89. The summed E-state index contributed by atoms with van der Waals surface area (Å²) in [6, 6.07) is 16.4. The van der Waals surface area contributed by atoms with Gasteiger partial charge in [-0.2, -0.15) is 4.31 Å². The fraction of sp³-hybridized carbons (Fsp3) is 0.318. The molecule has 0 fully saturated rings. The number of carbonyl (C=O) groups is 1. The first-order chi connectivity index (χ1) is 15.9. The summed E-state index contributed by atoms with van der Waals surface area (Å²) in [5, 5.41) is 11.4. The fourth-order valence-electron chi connectivity index (χ4n) is 3.25. The molecule has 0 bridgehead atoms. The molecule has 1 aromatic heterocycles. The number of thioether (sulfide) groups is 1. The lowest BCUT2D eigenvalue weighted by molar-refractivity contribution is -0.118. The SMILES string of the molecule is CCN(CC)S(=O)(=O)c1cccc(-c2nnc(SCC(=O)NCCc3ccccc3)n2N)c1. The van der Waals surface area contributed by atoms with Crippen molar-refractivity contribution >= 4 is 27.7 Å². The number of aromatic nitrogens is 3. The number of amides is 1. The van der Waals surface area contributed by atoms with Gasteiger partial charge in [0, 0.05) is 25.2 Å². The molecular weight excluding hydrogens is 460 g/mol. The number of nitrogens with zero attached hydrogens (tertiary/aromatic N) is 4. The number of carbonyl (C=O) groups excluding carboxylic acids is 1. The topological polar surface area (TPSA) is 123 Å². The number of nitrogens with two attached hydrogens (primary N) is 1. The summed E-state index contributed by atoms with van der Waals surface area (Å²) in [4.78, 5) is 12.3. The van der Waals surface area contributed by atoms with Crippen LogP contribution in [0.2, 0.25) is 0 Å². The van der Waals surface area contributed by atoms with Crippen molar-refractivity contribution in [2.45, 2.75) is 30.3 Å². The quantitative estimate of drug-likeness (QED) is 0.313. The molecule has 0 spiro atoms. The van der Waals surface area contributed by atoms with Crippen LogP contribution in [-0.4, -0.2) is 58.9 Å². The number of rotatable bonds is 11.